The number of non-ortho nitro benzene ring substituents is 2. The second kappa shape index (κ2) is 10.6. The number of aromatic nitrogens is 1. The van der Waals surface area contributed by atoms with Crippen LogP contribution in [0.15, 0.2) is 89.8 Å². The van der Waals surface area contributed by atoms with Gasteiger partial charge in [0.2, 0.25) is 0 Å². The molecular weight excluding hydrogens is 518 g/mol. The van der Waals surface area contributed by atoms with Crippen LogP contribution in [0.4, 0.5) is 11.4 Å². The van der Waals surface area contributed by atoms with Crippen molar-refractivity contribution in [2.75, 3.05) is 6.26 Å². The summed E-state index contributed by atoms with van der Waals surface area (Å²) in [6.45, 7) is 0.444. The standard InChI is InChI=1S/C29H23N3O6S/c1-39-28-24(25(29(33)34)16-18-6-10-20(11-7-18)31(35)36)15-14-23-22-4-2-3-5-26(22)30(27(23)28)17-19-8-12-21(13-9-19)32(37)38/h2-15,25H,16-17H2,1H3,(H,33,34). The van der Waals surface area contributed by atoms with E-state index < -0.39 is 21.7 Å². The number of hydrogen-bond donors (Lipinski definition) is 1. The monoisotopic (exact) mass is 541 g/mol. The zero-order chi connectivity index (χ0) is 27.7. The lowest BCUT2D eigenvalue weighted by atomic mass is 9.91. The molecule has 1 atom stereocenters. The Morgan fingerprint density at radius 2 is 1.44 bits per heavy atom. The topological polar surface area (TPSA) is 129 Å². The molecule has 0 fully saturated rings. The number of nitro benzene ring substituents is 2. The van der Waals surface area contributed by atoms with Crippen molar-refractivity contribution in [3.63, 3.8) is 0 Å². The molecule has 39 heavy (non-hydrogen) atoms. The van der Waals surface area contributed by atoms with E-state index >= 15 is 0 Å². The Kier molecular flexibility index (Phi) is 7.03. The van der Waals surface area contributed by atoms with Crippen molar-refractivity contribution in [2.24, 2.45) is 0 Å². The summed E-state index contributed by atoms with van der Waals surface area (Å²) in [5.41, 5.74) is 4.06. The number of carbonyl (C=O) groups is 1. The maximum Gasteiger partial charge on any atom is 0.311 e. The molecule has 0 saturated carbocycles. The zero-order valence-corrected chi connectivity index (χ0v) is 21.6. The van der Waals surface area contributed by atoms with Gasteiger partial charge in [-0.15, -0.1) is 11.8 Å². The molecule has 0 amide bonds. The van der Waals surface area contributed by atoms with Gasteiger partial charge in [-0.1, -0.05) is 54.6 Å². The van der Waals surface area contributed by atoms with Gasteiger partial charge < -0.3 is 9.67 Å². The lowest BCUT2D eigenvalue weighted by Crippen LogP contribution is -2.16. The van der Waals surface area contributed by atoms with E-state index in [0.29, 0.717) is 17.7 Å². The number of benzene rings is 4. The molecule has 9 nitrogen and oxygen atoms in total. The van der Waals surface area contributed by atoms with Crippen molar-refractivity contribution in [1.82, 2.24) is 4.57 Å². The first kappa shape index (κ1) is 25.9. The average molecular weight is 542 g/mol. The van der Waals surface area contributed by atoms with Gasteiger partial charge in [-0.3, -0.25) is 25.0 Å². The highest BCUT2D eigenvalue weighted by Gasteiger charge is 2.27. The van der Waals surface area contributed by atoms with Crippen LogP contribution in [-0.4, -0.2) is 31.7 Å². The molecule has 1 N–H and O–H groups in total. The number of fused-ring (bicyclic) bond motifs is 3. The number of thioether (sulfide) groups is 1. The molecule has 10 heteroatoms. The highest BCUT2D eigenvalue weighted by atomic mass is 32.2. The molecule has 196 valence electrons. The van der Waals surface area contributed by atoms with E-state index in [1.807, 2.05) is 42.7 Å². The van der Waals surface area contributed by atoms with Gasteiger partial charge in [0, 0.05) is 52.0 Å². The van der Waals surface area contributed by atoms with Crippen molar-refractivity contribution in [3.05, 3.63) is 122 Å². The third kappa shape index (κ3) is 4.94. The van der Waals surface area contributed by atoms with Crippen molar-refractivity contribution >= 4 is 50.9 Å². The first-order chi connectivity index (χ1) is 18.8. The minimum absolute atomic E-state index is 0.0172. The van der Waals surface area contributed by atoms with Crippen LogP contribution in [0.25, 0.3) is 21.8 Å². The molecule has 4 aromatic carbocycles. The summed E-state index contributed by atoms with van der Waals surface area (Å²) in [6, 6.07) is 24.1. The van der Waals surface area contributed by atoms with E-state index in [1.54, 1.807) is 24.3 Å². The van der Waals surface area contributed by atoms with Crippen LogP contribution in [0.2, 0.25) is 0 Å². The van der Waals surface area contributed by atoms with Gasteiger partial charge in [0.1, 0.15) is 0 Å². The summed E-state index contributed by atoms with van der Waals surface area (Å²) in [5, 5.41) is 34.4. The smallest absolute Gasteiger partial charge is 0.311 e. The minimum Gasteiger partial charge on any atom is -0.481 e. The van der Waals surface area contributed by atoms with E-state index in [-0.39, 0.29) is 17.8 Å². The highest BCUT2D eigenvalue weighted by molar-refractivity contribution is 7.98. The molecule has 0 saturated heterocycles. The fourth-order valence-electron chi connectivity index (χ4n) is 5.01. The second-order valence-electron chi connectivity index (χ2n) is 9.13. The number of carboxylic acids is 1. The first-order valence-corrected chi connectivity index (χ1v) is 13.3. The molecule has 0 aliphatic rings. The summed E-state index contributed by atoms with van der Waals surface area (Å²) in [6.07, 6.45) is 2.09. The van der Waals surface area contributed by atoms with Crippen LogP contribution in [0, 0.1) is 20.2 Å². The molecule has 0 aliphatic heterocycles. The normalized spacial score (nSPS) is 12.0. The number of nitro groups is 2. The summed E-state index contributed by atoms with van der Waals surface area (Å²) >= 11 is 1.47. The van der Waals surface area contributed by atoms with E-state index in [2.05, 4.69) is 4.57 Å². The van der Waals surface area contributed by atoms with Crippen molar-refractivity contribution < 1.29 is 19.7 Å². The van der Waals surface area contributed by atoms with Gasteiger partial charge in [-0.05, 0) is 35.4 Å². The molecule has 0 spiro atoms. The van der Waals surface area contributed by atoms with Gasteiger partial charge in [-0.25, -0.2) is 0 Å². The van der Waals surface area contributed by atoms with E-state index in [1.165, 1.54) is 36.0 Å². The van der Waals surface area contributed by atoms with Gasteiger partial charge in [-0.2, -0.15) is 0 Å². The van der Waals surface area contributed by atoms with E-state index in [0.717, 1.165) is 32.3 Å². The lowest BCUT2D eigenvalue weighted by molar-refractivity contribution is -0.385. The van der Waals surface area contributed by atoms with E-state index in [4.69, 9.17) is 0 Å². The Labute approximate surface area is 227 Å². The molecule has 0 aliphatic carbocycles. The quantitative estimate of drug-likeness (QED) is 0.124. The molecule has 0 bridgehead atoms. The SMILES string of the molecule is CSc1c(C(Cc2ccc([N+](=O)[O-])cc2)C(=O)O)ccc2c3ccccc3n(Cc3ccc([N+](=O)[O-])cc3)c12. The van der Waals surface area contributed by atoms with Crippen LogP contribution in [0.5, 0.6) is 0 Å². The fourth-order valence-corrected chi connectivity index (χ4v) is 5.87. The number of hydrogen-bond acceptors (Lipinski definition) is 6. The maximum absolute atomic E-state index is 12.5. The van der Waals surface area contributed by atoms with Crippen LogP contribution < -0.4 is 0 Å². The number of nitrogens with zero attached hydrogens (tertiary/aromatic N) is 3. The Balaban J connectivity index is 1.65. The minimum atomic E-state index is -0.985. The average Bonchev–Trinajstić information content (AvgIpc) is 3.25. The van der Waals surface area contributed by atoms with Gasteiger partial charge in [0.25, 0.3) is 11.4 Å². The zero-order valence-electron chi connectivity index (χ0n) is 20.8. The Morgan fingerprint density at radius 3 is 2.00 bits per heavy atom. The third-order valence-corrected chi connectivity index (χ3v) is 7.71. The number of carboxylic acid groups (broad SMARTS) is 1. The summed E-state index contributed by atoms with van der Waals surface area (Å²) in [4.78, 5) is 34.6. The fraction of sp³-hybridized carbons (Fsp3) is 0.138. The van der Waals surface area contributed by atoms with Gasteiger partial charge in [0.05, 0.1) is 21.3 Å². The summed E-state index contributed by atoms with van der Waals surface area (Å²) in [5.74, 6) is -1.86. The highest BCUT2D eigenvalue weighted by Crippen LogP contribution is 2.40. The van der Waals surface area contributed by atoms with E-state index in [9.17, 15) is 30.1 Å². The maximum atomic E-state index is 12.5. The number of para-hydroxylation sites is 1. The Bertz CT molecular complexity index is 1730. The Morgan fingerprint density at radius 1 is 0.846 bits per heavy atom. The predicted molar refractivity (Wildman–Crippen MR) is 151 cm³/mol. The molecule has 1 unspecified atom stereocenters. The molecule has 1 heterocycles. The summed E-state index contributed by atoms with van der Waals surface area (Å²) in [7, 11) is 0. The van der Waals surface area contributed by atoms with Crippen LogP contribution >= 0.6 is 11.8 Å². The van der Waals surface area contributed by atoms with Crippen LogP contribution in [0.1, 0.15) is 22.6 Å². The predicted octanol–water partition coefficient (Wildman–Crippen LogP) is 6.79. The Hall–Kier alpha value is -4.70. The summed E-state index contributed by atoms with van der Waals surface area (Å²) < 4.78 is 2.13. The lowest BCUT2D eigenvalue weighted by Gasteiger charge is -2.19. The van der Waals surface area contributed by atoms with Crippen molar-refractivity contribution in [2.45, 2.75) is 23.8 Å². The molecule has 1 aromatic heterocycles. The van der Waals surface area contributed by atoms with Gasteiger partial charge >= 0.3 is 5.97 Å². The molecule has 5 aromatic rings. The van der Waals surface area contributed by atoms with Crippen LogP contribution in [-0.2, 0) is 17.8 Å². The first-order valence-electron chi connectivity index (χ1n) is 12.1. The number of rotatable bonds is 9. The van der Waals surface area contributed by atoms with Crippen molar-refractivity contribution in [1.29, 1.82) is 0 Å². The van der Waals surface area contributed by atoms with Crippen molar-refractivity contribution in [3.8, 4) is 0 Å². The molecule has 5 rings (SSSR count). The second-order valence-corrected chi connectivity index (χ2v) is 9.95. The largest absolute Gasteiger partial charge is 0.481 e. The molecular formula is C29H23N3O6S. The van der Waals surface area contributed by atoms with Crippen LogP contribution in [0.3, 0.4) is 0 Å². The third-order valence-electron chi connectivity index (χ3n) is 6.87. The number of aliphatic carboxylic acids is 1. The molecule has 0 radical (unpaired) electrons. The van der Waals surface area contributed by atoms with Gasteiger partial charge in [0.15, 0.2) is 0 Å².